The van der Waals surface area contributed by atoms with E-state index in [1.807, 2.05) is 7.05 Å². The van der Waals surface area contributed by atoms with Crippen molar-refractivity contribution in [3.63, 3.8) is 0 Å². The lowest BCUT2D eigenvalue weighted by atomic mass is 9.93. The molecule has 0 spiro atoms. The fourth-order valence-corrected chi connectivity index (χ4v) is 2.17. The van der Waals surface area contributed by atoms with Gasteiger partial charge in [0.2, 0.25) is 0 Å². The monoisotopic (exact) mass is 253 g/mol. The quantitative estimate of drug-likeness (QED) is 0.851. The minimum absolute atomic E-state index is 0.0396. The smallest absolute Gasteiger partial charge is 0.0374 e. The Hall–Kier alpha value is -1.60. The second-order valence-electron chi connectivity index (χ2n) is 5.56. The lowest BCUT2D eigenvalue weighted by molar-refractivity contribution is 0.444. The molecule has 19 heavy (non-hydrogen) atoms. The van der Waals surface area contributed by atoms with Crippen LogP contribution < -0.4 is 5.32 Å². The first-order valence-electron chi connectivity index (χ1n) is 6.94. The average Bonchev–Trinajstić information content (AvgIpc) is 2.47. The Morgan fingerprint density at radius 3 is 1.84 bits per heavy atom. The first-order chi connectivity index (χ1) is 9.12. The third-order valence-electron chi connectivity index (χ3n) is 3.85. The van der Waals surface area contributed by atoms with Gasteiger partial charge in [0.05, 0.1) is 0 Å². The molecule has 1 nitrogen and oxygen atoms in total. The molecule has 100 valence electrons. The average molecular weight is 253 g/mol. The van der Waals surface area contributed by atoms with Crippen molar-refractivity contribution in [1.82, 2.24) is 5.32 Å². The van der Waals surface area contributed by atoms with E-state index in [-0.39, 0.29) is 5.54 Å². The van der Waals surface area contributed by atoms with Crippen molar-refractivity contribution in [3.8, 4) is 0 Å². The van der Waals surface area contributed by atoms with Crippen LogP contribution in [0.4, 0.5) is 0 Å². The summed E-state index contributed by atoms with van der Waals surface area (Å²) < 4.78 is 0. The molecule has 0 bridgehead atoms. The zero-order valence-corrected chi connectivity index (χ0v) is 12.1. The molecule has 0 unspecified atom stereocenters. The van der Waals surface area contributed by atoms with Crippen LogP contribution in [0.1, 0.15) is 30.5 Å². The summed E-state index contributed by atoms with van der Waals surface area (Å²) in [6.45, 7) is 4.40. The van der Waals surface area contributed by atoms with Gasteiger partial charge in [-0.2, -0.15) is 0 Å². The number of aryl methyl sites for hydroxylation is 2. The van der Waals surface area contributed by atoms with Crippen LogP contribution in [0.15, 0.2) is 54.6 Å². The summed E-state index contributed by atoms with van der Waals surface area (Å²) in [4.78, 5) is 0. The van der Waals surface area contributed by atoms with E-state index in [1.165, 1.54) is 16.7 Å². The molecule has 2 rings (SSSR count). The SMILES string of the molecule is CNC(C)(C)c1ccc(CCc2ccccc2)cc1. The van der Waals surface area contributed by atoms with Gasteiger partial charge in [0.1, 0.15) is 0 Å². The lowest BCUT2D eigenvalue weighted by Gasteiger charge is -2.24. The van der Waals surface area contributed by atoms with Crippen LogP contribution in [-0.4, -0.2) is 7.05 Å². The molecular weight excluding hydrogens is 230 g/mol. The van der Waals surface area contributed by atoms with Gasteiger partial charge in [-0.15, -0.1) is 0 Å². The van der Waals surface area contributed by atoms with E-state index in [0.29, 0.717) is 0 Å². The summed E-state index contributed by atoms with van der Waals surface area (Å²) in [5.41, 5.74) is 4.18. The molecule has 0 heterocycles. The molecule has 0 aliphatic heterocycles. The fourth-order valence-electron chi connectivity index (χ4n) is 2.17. The van der Waals surface area contributed by atoms with Gasteiger partial charge < -0.3 is 5.32 Å². The molecule has 1 heteroatoms. The molecule has 1 N–H and O–H groups in total. The highest BCUT2D eigenvalue weighted by Crippen LogP contribution is 2.20. The minimum atomic E-state index is 0.0396. The molecule has 0 radical (unpaired) electrons. The van der Waals surface area contributed by atoms with Crippen LogP contribution in [0, 0.1) is 0 Å². The van der Waals surface area contributed by atoms with Crippen molar-refractivity contribution in [2.24, 2.45) is 0 Å². The van der Waals surface area contributed by atoms with E-state index in [4.69, 9.17) is 0 Å². The van der Waals surface area contributed by atoms with E-state index < -0.39 is 0 Å². The maximum atomic E-state index is 3.33. The van der Waals surface area contributed by atoms with Gasteiger partial charge in [-0.25, -0.2) is 0 Å². The summed E-state index contributed by atoms with van der Waals surface area (Å²) in [6.07, 6.45) is 2.21. The highest BCUT2D eigenvalue weighted by atomic mass is 14.9. The predicted molar refractivity (Wildman–Crippen MR) is 82.4 cm³/mol. The molecule has 0 saturated carbocycles. The maximum absolute atomic E-state index is 3.33. The molecule has 0 aromatic heterocycles. The van der Waals surface area contributed by atoms with Gasteiger partial charge >= 0.3 is 0 Å². The number of hydrogen-bond donors (Lipinski definition) is 1. The van der Waals surface area contributed by atoms with Crippen LogP contribution in [-0.2, 0) is 18.4 Å². The number of hydrogen-bond acceptors (Lipinski definition) is 1. The summed E-state index contributed by atoms with van der Waals surface area (Å²) in [5.74, 6) is 0. The zero-order valence-electron chi connectivity index (χ0n) is 12.1. The molecule has 0 aliphatic rings. The Balaban J connectivity index is 2.00. The van der Waals surface area contributed by atoms with Crippen molar-refractivity contribution in [2.45, 2.75) is 32.2 Å². The predicted octanol–water partition coefficient (Wildman–Crippen LogP) is 3.93. The normalized spacial score (nSPS) is 11.5. The maximum Gasteiger partial charge on any atom is 0.0374 e. The topological polar surface area (TPSA) is 12.0 Å². The van der Waals surface area contributed by atoms with Crippen LogP contribution in [0.3, 0.4) is 0 Å². The lowest BCUT2D eigenvalue weighted by Crippen LogP contribution is -2.32. The van der Waals surface area contributed by atoms with Gasteiger partial charge in [0.25, 0.3) is 0 Å². The Kier molecular flexibility index (Phi) is 4.39. The van der Waals surface area contributed by atoms with Crippen molar-refractivity contribution in [2.75, 3.05) is 7.05 Å². The second-order valence-corrected chi connectivity index (χ2v) is 5.56. The Morgan fingerprint density at radius 1 is 0.789 bits per heavy atom. The third kappa shape index (κ3) is 3.68. The summed E-state index contributed by atoms with van der Waals surface area (Å²) in [6, 6.07) is 19.6. The Bertz CT molecular complexity index is 497. The number of benzene rings is 2. The summed E-state index contributed by atoms with van der Waals surface area (Å²) >= 11 is 0. The number of nitrogens with one attached hydrogen (secondary N) is 1. The highest BCUT2D eigenvalue weighted by Gasteiger charge is 2.16. The molecule has 0 atom stereocenters. The molecule has 2 aromatic carbocycles. The largest absolute Gasteiger partial charge is 0.311 e. The minimum Gasteiger partial charge on any atom is -0.311 e. The van der Waals surface area contributed by atoms with Crippen LogP contribution >= 0.6 is 0 Å². The van der Waals surface area contributed by atoms with Gasteiger partial charge in [0.15, 0.2) is 0 Å². The van der Waals surface area contributed by atoms with Crippen molar-refractivity contribution in [3.05, 3.63) is 71.3 Å². The van der Waals surface area contributed by atoms with Crippen molar-refractivity contribution in [1.29, 1.82) is 0 Å². The molecule has 0 aliphatic carbocycles. The molecule has 0 fully saturated rings. The van der Waals surface area contributed by atoms with Crippen LogP contribution in [0.25, 0.3) is 0 Å². The zero-order chi connectivity index (χ0) is 13.7. The summed E-state index contributed by atoms with van der Waals surface area (Å²) in [5, 5.41) is 3.33. The van der Waals surface area contributed by atoms with E-state index >= 15 is 0 Å². The number of rotatable bonds is 5. The third-order valence-corrected chi connectivity index (χ3v) is 3.85. The van der Waals surface area contributed by atoms with Crippen LogP contribution in [0.5, 0.6) is 0 Å². The van der Waals surface area contributed by atoms with Crippen molar-refractivity contribution >= 4 is 0 Å². The van der Waals surface area contributed by atoms with Crippen molar-refractivity contribution < 1.29 is 0 Å². The first kappa shape index (κ1) is 13.8. The molecule has 2 aromatic rings. The standard InChI is InChI=1S/C18H23N/c1-18(2,19-3)17-13-11-16(12-14-17)10-9-15-7-5-4-6-8-15/h4-8,11-14,19H,9-10H2,1-3H3. The van der Waals surface area contributed by atoms with E-state index in [1.54, 1.807) is 0 Å². The molecule has 0 amide bonds. The Morgan fingerprint density at radius 2 is 1.32 bits per heavy atom. The first-order valence-corrected chi connectivity index (χ1v) is 6.94. The van der Waals surface area contributed by atoms with Crippen LogP contribution in [0.2, 0.25) is 0 Å². The van der Waals surface area contributed by atoms with Gasteiger partial charge in [-0.1, -0.05) is 54.6 Å². The Labute approximate surface area is 116 Å². The van der Waals surface area contributed by atoms with E-state index in [2.05, 4.69) is 73.8 Å². The van der Waals surface area contributed by atoms with E-state index in [0.717, 1.165) is 12.8 Å². The summed E-state index contributed by atoms with van der Waals surface area (Å²) in [7, 11) is 2.00. The van der Waals surface area contributed by atoms with E-state index in [9.17, 15) is 0 Å². The molecular formula is C18H23N. The fraction of sp³-hybridized carbons (Fsp3) is 0.333. The molecule has 0 saturated heterocycles. The van der Waals surface area contributed by atoms with Gasteiger partial charge in [-0.3, -0.25) is 0 Å². The second kappa shape index (κ2) is 6.03. The van der Waals surface area contributed by atoms with Gasteiger partial charge in [0, 0.05) is 5.54 Å². The van der Waals surface area contributed by atoms with Gasteiger partial charge in [-0.05, 0) is 50.4 Å². The highest BCUT2D eigenvalue weighted by molar-refractivity contribution is 5.28.